The van der Waals surface area contributed by atoms with Crippen LogP contribution in [0.25, 0.3) is 0 Å². The summed E-state index contributed by atoms with van der Waals surface area (Å²) < 4.78 is 7.51. The Kier molecular flexibility index (Phi) is 4.99. The molecular weight excluding hydrogens is 272 g/mol. The Morgan fingerprint density at radius 1 is 1.55 bits per heavy atom. The van der Waals surface area contributed by atoms with E-state index in [-0.39, 0.29) is 0 Å². The minimum atomic E-state index is 0.309. The molecule has 2 rings (SSSR count). The highest BCUT2D eigenvalue weighted by atomic mass is 32.1. The van der Waals surface area contributed by atoms with Gasteiger partial charge in [-0.15, -0.1) is 0 Å². The molecule has 1 aromatic heterocycles. The Balaban J connectivity index is 1.86. The van der Waals surface area contributed by atoms with Crippen LogP contribution in [0.15, 0.2) is 0 Å². The quantitative estimate of drug-likeness (QED) is 0.853. The van der Waals surface area contributed by atoms with Crippen molar-refractivity contribution in [1.82, 2.24) is 20.0 Å². The lowest BCUT2D eigenvalue weighted by Gasteiger charge is -2.22. The Hall–Kier alpha value is -1.14. The number of hydrogen-bond donors (Lipinski definition) is 1. The normalized spacial score (nSPS) is 18.3. The molecule has 1 atom stereocenters. The predicted octanol–water partition coefficient (Wildman–Crippen LogP) is 1.52. The molecule has 112 valence electrons. The van der Waals surface area contributed by atoms with E-state index in [1.54, 1.807) is 0 Å². The summed E-state index contributed by atoms with van der Waals surface area (Å²) in [6.45, 7) is 6.59. The van der Waals surface area contributed by atoms with Crippen molar-refractivity contribution >= 4 is 17.3 Å². The first kappa shape index (κ1) is 15.3. The van der Waals surface area contributed by atoms with Gasteiger partial charge in [0.05, 0.1) is 11.8 Å². The molecule has 0 amide bonds. The first-order valence-corrected chi connectivity index (χ1v) is 7.49. The fourth-order valence-corrected chi connectivity index (χ4v) is 2.64. The molecule has 20 heavy (non-hydrogen) atoms. The van der Waals surface area contributed by atoms with Crippen LogP contribution in [0.1, 0.15) is 29.8 Å². The minimum Gasteiger partial charge on any atom is -0.376 e. The third-order valence-electron chi connectivity index (χ3n) is 3.91. The first-order valence-electron chi connectivity index (χ1n) is 7.08. The zero-order valence-electron chi connectivity index (χ0n) is 12.8. The molecule has 1 aliphatic heterocycles. The number of aromatic nitrogens is 2. The largest absolute Gasteiger partial charge is 0.376 e. The van der Waals surface area contributed by atoms with Crippen LogP contribution in [-0.2, 0) is 18.3 Å². The van der Waals surface area contributed by atoms with Crippen LogP contribution in [-0.4, -0.2) is 46.1 Å². The molecule has 0 aromatic carbocycles. The molecule has 2 heterocycles. The number of thiocarbonyl (C=S) groups is 1. The van der Waals surface area contributed by atoms with E-state index in [9.17, 15) is 0 Å². The monoisotopic (exact) mass is 296 g/mol. The van der Waals surface area contributed by atoms with Crippen molar-refractivity contribution in [2.75, 3.05) is 20.2 Å². The molecule has 0 radical (unpaired) electrons. The zero-order chi connectivity index (χ0) is 14.7. The zero-order valence-corrected chi connectivity index (χ0v) is 13.6. The topological polar surface area (TPSA) is 42.3 Å². The molecule has 0 saturated carbocycles. The van der Waals surface area contributed by atoms with Crippen LogP contribution >= 0.6 is 12.2 Å². The molecule has 1 saturated heterocycles. The Labute approximate surface area is 126 Å². The van der Waals surface area contributed by atoms with Gasteiger partial charge in [0.2, 0.25) is 0 Å². The van der Waals surface area contributed by atoms with Gasteiger partial charge >= 0.3 is 0 Å². The first-order chi connectivity index (χ1) is 9.49. The molecular formula is C14H24N4OS. The summed E-state index contributed by atoms with van der Waals surface area (Å²) >= 11 is 5.44. The van der Waals surface area contributed by atoms with Crippen LogP contribution in [0.4, 0.5) is 0 Å². The molecule has 0 spiro atoms. The van der Waals surface area contributed by atoms with Gasteiger partial charge in [0.1, 0.15) is 0 Å². The molecule has 1 fully saturated rings. The van der Waals surface area contributed by atoms with E-state index in [0.717, 1.165) is 43.3 Å². The maximum atomic E-state index is 5.59. The lowest BCUT2D eigenvalue weighted by molar-refractivity contribution is 0.113. The van der Waals surface area contributed by atoms with E-state index in [4.69, 9.17) is 17.0 Å². The number of rotatable bonds is 4. The third-order valence-corrected chi connectivity index (χ3v) is 4.36. The highest BCUT2D eigenvalue weighted by Gasteiger charge is 2.17. The van der Waals surface area contributed by atoms with Crippen molar-refractivity contribution < 1.29 is 4.74 Å². The lowest BCUT2D eigenvalue weighted by atomic mass is 10.2. The maximum Gasteiger partial charge on any atom is 0.169 e. The van der Waals surface area contributed by atoms with E-state index in [1.807, 2.05) is 25.7 Å². The predicted molar refractivity (Wildman–Crippen MR) is 83.7 cm³/mol. The van der Waals surface area contributed by atoms with Crippen molar-refractivity contribution in [2.24, 2.45) is 7.05 Å². The van der Waals surface area contributed by atoms with Gasteiger partial charge in [0.25, 0.3) is 0 Å². The summed E-state index contributed by atoms with van der Waals surface area (Å²) in [5, 5.41) is 8.50. The van der Waals surface area contributed by atoms with Crippen LogP contribution in [0.2, 0.25) is 0 Å². The SMILES string of the molecule is Cc1nn(C)c(C)c1CN(C)C(=S)NCC1CCCO1. The van der Waals surface area contributed by atoms with Crippen molar-refractivity contribution in [1.29, 1.82) is 0 Å². The second-order valence-electron chi connectivity index (χ2n) is 5.45. The fourth-order valence-electron chi connectivity index (χ4n) is 2.50. The van der Waals surface area contributed by atoms with Crippen molar-refractivity contribution in [3.8, 4) is 0 Å². The van der Waals surface area contributed by atoms with Crippen LogP contribution in [0.5, 0.6) is 0 Å². The van der Waals surface area contributed by atoms with Crippen molar-refractivity contribution in [2.45, 2.75) is 39.3 Å². The number of hydrogen-bond acceptors (Lipinski definition) is 3. The van der Waals surface area contributed by atoms with Gasteiger partial charge in [-0.05, 0) is 38.9 Å². The standard InChI is InChI=1S/C14H24N4OS/c1-10-13(11(2)18(4)16-10)9-17(3)14(20)15-8-12-6-5-7-19-12/h12H,5-9H2,1-4H3,(H,15,20). The smallest absolute Gasteiger partial charge is 0.169 e. The second kappa shape index (κ2) is 6.54. The van der Waals surface area contributed by atoms with Gasteiger partial charge in [-0.1, -0.05) is 0 Å². The summed E-state index contributed by atoms with van der Waals surface area (Å²) in [6.07, 6.45) is 2.59. The highest BCUT2D eigenvalue weighted by Crippen LogP contribution is 2.14. The van der Waals surface area contributed by atoms with Gasteiger partial charge in [0, 0.05) is 45.0 Å². The summed E-state index contributed by atoms with van der Waals surface area (Å²) in [4.78, 5) is 2.06. The number of aryl methyl sites for hydroxylation is 2. The summed E-state index contributed by atoms with van der Waals surface area (Å²) in [5.74, 6) is 0. The number of nitrogens with one attached hydrogen (secondary N) is 1. The van der Waals surface area contributed by atoms with E-state index >= 15 is 0 Å². The fraction of sp³-hybridized carbons (Fsp3) is 0.714. The third kappa shape index (κ3) is 3.49. The van der Waals surface area contributed by atoms with E-state index < -0.39 is 0 Å². The van der Waals surface area contributed by atoms with Crippen molar-refractivity contribution in [3.05, 3.63) is 17.0 Å². The number of nitrogens with zero attached hydrogens (tertiary/aromatic N) is 3. The van der Waals surface area contributed by atoms with Gasteiger partial charge in [0.15, 0.2) is 5.11 Å². The minimum absolute atomic E-state index is 0.309. The summed E-state index contributed by atoms with van der Waals surface area (Å²) in [7, 11) is 3.98. The molecule has 1 aromatic rings. The molecule has 0 aliphatic carbocycles. The van der Waals surface area contributed by atoms with Crippen LogP contribution in [0, 0.1) is 13.8 Å². The molecule has 6 heteroatoms. The van der Waals surface area contributed by atoms with E-state index in [1.165, 1.54) is 11.3 Å². The van der Waals surface area contributed by atoms with E-state index in [0.29, 0.717) is 6.10 Å². The van der Waals surface area contributed by atoms with Crippen molar-refractivity contribution in [3.63, 3.8) is 0 Å². The van der Waals surface area contributed by atoms with Crippen LogP contribution < -0.4 is 5.32 Å². The maximum absolute atomic E-state index is 5.59. The average molecular weight is 296 g/mol. The Morgan fingerprint density at radius 2 is 2.30 bits per heavy atom. The second-order valence-corrected chi connectivity index (χ2v) is 5.84. The molecule has 5 nitrogen and oxygen atoms in total. The van der Waals surface area contributed by atoms with Gasteiger partial charge < -0.3 is 15.0 Å². The number of ether oxygens (including phenoxy) is 1. The van der Waals surface area contributed by atoms with E-state index in [2.05, 4.69) is 22.2 Å². The van der Waals surface area contributed by atoms with Gasteiger partial charge in [-0.2, -0.15) is 5.10 Å². The highest BCUT2D eigenvalue weighted by molar-refractivity contribution is 7.80. The Morgan fingerprint density at radius 3 is 2.85 bits per heavy atom. The lowest BCUT2D eigenvalue weighted by Crippen LogP contribution is -2.40. The Bertz CT molecular complexity index is 480. The van der Waals surface area contributed by atoms with Gasteiger partial charge in [-0.25, -0.2) is 0 Å². The van der Waals surface area contributed by atoms with Gasteiger partial charge in [-0.3, -0.25) is 4.68 Å². The van der Waals surface area contributed by atoms with Crippen LogP contribution in [0.3, 0.4) is 0 Å². The average Bonchev–Trinajstić information content (AvgIpc) is 3.00. The molecule has 0 bridgehead atoms. The molecule has 1 aliphatic rings. The molecule has 1 unspecified atom stereocenters. The summed E-state index contributed by atoms with van der Waals surface area (Å²) in [5.41, 5.74) is 3.51. The summed E-state index contributed by atoms with van der Waals surface area (Å²) in [6, 6.07) is 0. The molecule has 1 N–H and O–H groups in total.